The smallest absolute Gasteiger partial charge is 0.214 e. The Balaban J connectivity index is 2.46. The molecule has 1 heterocycles. The second kappa shape index (κ2) is 9.08. The van der Waals surface area contributed by atoms with Gasteiger partial charge in [0.25, 0.3) is 0 Å². The predicted octanol–water partition coefficient (Wildman–Crippen LogP) is 1.84. The zero-order valence-corrected chi connectivity index (χ0v) is 14.8. The number of ether oxygens (including phenoxy) is 1. The standard InChI is InChI=1S/C15H32N2O3S/c1-5-7-15(6-2)21(18,19)16-10-14-12-17(8-9-20-14)11-13(3)4/h13-16H,5-12H2,1-4H3/t14-,15-/m1/s1. The second-order valence-corrected chi connectivity index (χ2v) is 8.40. The Morgan fingerprint density at radius 2 is 2.05 bits per heavy atom. The van der Waals surface area contributed by atoms with Crippen LogP contribution in [0.15, 0.2) is 0 Å². The van der Waals surface area contributed by atoms with Crippen LogP contribution in [0.3, 0.4) is 0 Å². The van der Waals surface area contributed by atoms with Gasteiger partial charge in [0, 0.05) is 26.2 Å². The molecule has 1 rings (SSSR count). The summed E-state index contributed by atoms with van der Waals surface area (Å²) in [6.45, 7) is 12.2. The van der Waals surface area contributed by atoms with Gasteiger partial charge in [-0.2, -0.15) is 0 Å². The highest BCUT2D eigenvalue weighted by molar-refractivity contribution is 7.90. The van der Waals surface area contributed by atoms with E-state index in [1.807, 2.05) is 13.8 Å². The van der Waals surface area contributed by atoms with Crippen LogP contribution in [-0.2, 0) is 14.8 Å². The molecule has 0 radical (unpaired) electrons. The zero-order valence-electron chi connectivity index (χ0n) is 14.0. The summed E-state index contributed by atoms with van der Waals surface area (Å²) in [5.74, 6) is 0.620. The highest BCUT2D eigenvalue weighted by Gasteiger charge is 2.26. The van der Waals surface area contributed by atoms with Gasteiger partial charge in [-0.1, -0.05) is 34.1 Å². The summed E-state index contributed by atoms with van der Waals surface area (Å²) in [5.41, 5.74) is 0. The molecule has 0 spiro atoms. The van der Waals surface area contributed by atoms with Gasteiger partial charge >= 0.3 is 0 Å². The fraction of sp³-hybridized carbons (Fsp3) is 1.00. The minimum atomic E-state index is -3.22. The van der Waals surface area contributed by atoms with Crippen molar-refractivity contribution in [3.8, 4) is 0 Å². The molecule has 126 valence electrons. The van der Waals surface area contributed by atoms with E-state index in [4.69, 9.17) is 4.74 Å². The maximum absolute atomic E-state index is 12.3. The van der Waals surface area contributed by atoms with Crippen molar-refractivity contribution in [3.05, 3.63) is 0 Å². The van der Waals surface area contributed by atoms with Gasteiger partial charge in [-0.25, -0.2) is 13.1 Å². The molecule has 1 aliphatic heterocycles. The molecule has 0 saturated carbocycles. The van der Waals surface area contributed by atoms with Crippen molar-refractivity contribution in [1.29, 1.82) is 0 Å². The number of rotatable bonds is 9. The van der Waals surface area contributed by atoms with E-state index in [0.717, 1.165) is 32.5 Å². The third-order valence-electron chi connectivity index (χ3n) is 3.86. The lowest BCUT2D eigenvalue weighted by Gasteiger charge is -2.34. The first-order valence-corrected chi connectivity index (χ1v) is 9.76. The lowest BCUT2D eigenvalue weighted by molar-refractivity contribution is -0.0280. The summed E-state index contributed by atoms with van der Waals surface area (Å²) in [6.07, 6.45) is 2.23. The van der Waals surface area contributed by atoms with Gasteiger partial charge in [0.05, 0.1) is 18.0 Å². The molecule has 5 nitrogen and oxygen atoms in total. The summed E-state index contributed by atoms with van der Waals surface area (Å²) >= 11 is 0. The first-order valence-electron chi connectivity index (χ1n) is 8.21. The molecule has 21 heavy (non-hydrogen) atoms. The summed E-state index contributed by atoms with van der Waals surface area (Å²) in [4.78, 5) is 2.36. The van der Waals surface area contributed by atoms with E-state index in [-0.39, 0.29) is 11.4 Å². The van der Waals surface area contributed by atoms with Crippen molar-refractivity contribution in [3.63, 3.8) is 0 Å². The Kier molecular flexibility index (Phi) is 8.16. The van der Waals surface area contributed by atoms with Crippen LogP contribution in [0.25, 0.3) is 0 Å². The van der Waals surface area contributed by atoms with E-state index < -0.39 is 10.0 Å². The van der Waals surface area contributed by atoms with Crippen LogP contribution in [0.1, 0.15) is 47.0 Å². The molecular weight excluding hydrogens is 288 g/mol. The molecule has 0 unspecified atom stereocenters. The topological polar surface area (TPSA) is 58.6 Å². The molecule has 0 aliphatic carbocycles. The van der Waals surface area contributed by atoms with Crippen LogP contribution < -0.4 is 4.72 Å². The SMILES string of the molecule is CCC[C@@H](CC)S(=O)(=O)NC[C@@H]1CN(CC(C)C)CCO1. The van der Waals surface area contributed by atoms with Crippen LogP contribution >= 0.6 is 0 Å². The maximum atomic E-state index is 12.3. The molecular formula is C15H32N2O3S. The van der Waals surface area contributed by atoms with Gasteiger partial charge in [-0.15, -0.1) is 0 Å². The summed E-state index contributed by atoms with van der Waals surface area (Å²) < 4.78 is 33.0. The van der Waals surface area contributed by atoms with Crippen molar-refractivity contribution in [1.82, 2.24) is 9.62 Å². The largest absolute Gasteiger partial charge is 0.374 e. The van der Waals surface area contributed by atoms with Crippen LogP contribution in [-0.4, -0.2) is 57.5 Å². The van der Waals surface area contributed by atoms with Gasteiger partial charge in [0.2, 0.25) is 10.0 Å². The van der Waals surface area contributed by atoms with Crippen molar-refractivity contribution in [2.45, 2.75) is 58.3 Å². The third kappa shape index (κ3) is 6.63. The molecule has 0 aromatic carbocycles. The Bertz CT molecular complexity index is 384. The Hall–Kier alpha value is -0.170. The summed E-state index contributed by atoms with van der Waals surface area (Å²) in [7, 11) is -3.22. The van der Waals surface area contributed by atoms with E-state index in [0.29, 0.717) is 25.5 Å². The van der Waals surface area contributed by atoms with Crippen LogP contribution in [0.2, 0.25) is 0 Å². The average molecular weight is 320 g/mol. The van der Waals surface area contributed by atoms with E-state index >= 15 is 0 Å². The lowest BCUT2D eigenvalue weighted by Crippen LogP contribution is -2.49. The highest BCUT2D eigenvalue weighted by atomic mass is 32.2. The fourth-order valence-electron chi connectivity index (χ4n) is 2.81. The Morgan fingerprint density at radius 3 is 2.62 bits per heavy atom. The molecule has 0 aromatic heterocycles. The number of sulfonamides is 1. The van der Waals surface area contributed by atoms with Gasteiger partial charge in [0.15, 0.2) is 0 Å². The molecule has 6 heteroatoms. The zero-order chi connectivity index (χ0) is 15.9. The summed E-state index contributed by atoms with van der Waals surface area (Å²) in [5, 5.41) is -0.280. The normalized spacial score (nSPS) is 22.6. The van der Waals surface area contributed by atoms with Crippen LogP contribution in [0, 0.1) is 5.92 Å². The van der Waals surface area contributed by atoms with Crippen molar-refractivity contribution in [2.75, 3.05) is 32.8 Å². The molecule has 1 saturated heterocycles. The second-order valence-electron chi connectivity index (χ2n) is 6.36. The Labute approximate surface area is 130 Å². The fourth-order valence-corrected chi connectivity index (χ4v) is 4.45. The highest BCUT2D eigenvalue weighted by Crippen LogP contribution is 2.12. The molecule has 0 bridgehead atoms. The van der Waals surface area contributed by atoms with Gasteiger partial charge in [0.1, 0.15) is 0 Å². The van der Waals surface area contributed by atoms with E-state index in [9.17, 15) is 8.42 Å². The number of nitrogens with zero attached hydrogens (tertiary/aromatic N) is 1. The van der Waals surface area contributed by atoms with Crippen molar-refractivity contribution < 1.29 is 13.2 Å². The first-order chi connectivity index (χ1) is 9.89. The number of nitrogens with one attached hydrogen (secondary N) is 1. The van der Waals surface area contributed by atoms with Crippen LogP contribution in [0.4, 0.5) is 0 Å². The van der Waals surface area contributed by atoms with E-state index in [1.165, 1.54) is 0 Å². The molecule has 2 atom stereocenters. The molecule has 0 amide bonds. The molecule has 1 fully saturated rings. The maximum Gasteiger partial charge on any atom is 0.214 e. The first kappa shape index (κ1) is 18.9. The van der Waals surface area contributed by atoms with Crippen LogP contribution in [0.5, 0.6) is 0 Å². The minimum absolute atomic E-state index is 0.0357. The number of morpholine rings is 1. The van der Waals surface area contributed by atoms with Gasteiger partial charge < -0.3 is 4.74 Å². The third-order valence-corrected chi connectivity index (χ3v) is 5.88. The van der Waals surface area contributed by atoms with E-state index in [1.54, 1.807) is 0 Å². The van der Waals surface area contributed by atoms with Gasteiger partial charge in [-0.05, 0) is 18.8 Å². The quantitative estimate of drug-likeness (QED) is 0.704. The number of hydrogen-bond donors (Lipinski definition) is 1. The van der Waals surface area contributed by atoms with Crippen molar-refractivity contribution in [2.24, 2.45) is 5.92 Å². The van der Waals surface area contributed by atoms with E-state index in [2.05, 4.69) is 23.5 Å². The Morgan fingerprint density at radius 1 is 1.33 bits per heavy atom. The number of hydrogen-bond acceptors (Lipinski definition) is 4. The monoisotopic (exact) mass is 320 g/mol. The predicted molar refractivity (Wildman–Crippen MR) is 86.9 cm³/mol. The molecule has 0 aromatic rings. The molecule has 1 aliphatic rings. The summed E-state index contributed by atoms with van der Waals surface area (Å²) in [6, 6.07) is 0. The lowest BCUT2D eigenvalue weighted by atomic mass is 10.2. The van der Waals surface area contributed by atoms with Gasteiger partial charge in [-0.3, -0.25) is 4.90 Å². The molecule has 1 N–H and O–H groups in total. The van der Waals surface area contributed by atoms with Crippen molar-refractivity contribution >= 4 is 10.0 Å². The average Bonchev–Trinajstić information content (AvgIpc) is 2.42. The minimum Gasteiger partial charge on any atom is -0.374 e.